The van der Waals surface area contributed by atoms with Gasteiger partial charge >= 0.3 is 6.03 Å². The Labute approximate surface area is 141 Å². The number of nitrogens with zero attached hydrogens (tertiary/aromatic N) is 4. The molecular weight excluding hydrogens is 304 g/mol. The van der Waals surface area contributed by atoms with E-state index in [-0.39, 0.29) is 18.1 Å². The third-order valence-electron chi connectivity index (χ3n) is 5.36. The molecule has 0 aliphatic heterocycles. The summed E-state index contributed by atoms with van der Waals surface area (Å²) < 4.78 is 3.84. The Hall–Kier alpha value is -2.31. The van der Waals surface area contributed by atoms with Crippen molar-refractivity contribution in [2.24, 2.45) is 14.1 Å². The van der Waals surface area contributed by atoms with Crippen molar-refractivity contribution < 1.29 is 4.79 Å². The Balaban J connectivity index is 1.45. The molecule has 2 aromatic rings. The molecule has 7 nitrogen and oxygen atoms in total. The molecule has 2 N–H and O–H groups in total. The molecule has 0 bridgehead atoms. The largest absolute Gasteiger partial charge is 0.331 e. The molecule has 2 atom stereocenters. The smallest absolute Gasteiger partial charge is 0.315 e. The molecule has 0 saturated heterocycles. The van der Waals surface area contributed by atoms with Crippen LogP contribution in [0.5, 0.6) is 0 Å². The summed E-state index contributed by atoms with van der Waals surface area (Å²) in [5.74, 6) is 0. The zero-order valence-electron chi connectivity index (χ0n) is 14.2. The molecule has 24 heavy (non-hydrogen) atoms. The maximum absolute atomic E-state index is 12.5. The van der Waals surface area contributed by atoms with Crippen LogP contribution >= 0.6 is 0 Å². The van der Waals surface area contributed by atoms with Crippen LogP contribution in [0.3, 0.4) is 0 Å². The van der Waals surface area contributed by atoms with Gasteiger partial charge in [-0.25, -0.2) is 4.79 Å². The molecule has 2 heterocycles. The first-order valence-electron chi connectivity index (χ1n) is 8.72. The van der Waals surface area contributed by atoms with E-state index < -0.39 is 0 Å². The second-order valence-corrected chi connectivity index (χ2v) is 6.85. The third-order valence-corrected chi connectivity index (χ3v) is 5.36. The average Bonchev–Trinajstić information content (AvgIpc) is 3.13. The Morgan fingerprint density at radius 2 is 1.42 bits per heavy atom. The molecule has 0 unspecified atom stereocenters. The number of aryl methyl sites for hydroxylation is 2. The summed E-state index contributed by atoms with van der Waals surface area (Å²) in [5, 5.41) is 15.0. The number of rotatable bonds is 2. The van der Waals surface area contributed by atoms with E-state index in [0.29, 0.717) is 0 Å². The van der Waals surface area contributed by atoms with Gasteiger partial charge in [-0.05, 0) is 38.5 Å². The van der Waals surface area contributed by atoms with Crippen molar-refractivity contribution in [2.75, 3.05) is 0 Å². The highest BCUT2D eigenvalue weighted by atomic mass is 16.2. The fraction of sp³-hybridized carbons (Fsp3) is 0.588. The van der Waals surface area contributed by atoms with Crippen molar-refractivity contribution in [3.05, 3.63) is 34.9 Å². The van der Waals surface area contributed by atoms with Crippen LogP contribution in [0.1, 0.15) is 60.3 Å². The lowest BCUT2D eigenvalue weighted by Crippen LogP contribution is -2.41. The molecule has 2 aliphatic rings. The molecule has 2 amide bonds. The SMILES string of the molecule is Cn1ncc2c1CCC[C@H]2NC(=O)N[C@@H]1CCCc2c1cnn2C. The van der Waals surface area contributed by atoms with Gasteiger partial charge < -0.3 is 10.6 Å². The summed E-state index contributed by atoms with van der Waals surface area (Å²) in [6.07, 6.45) is 9.93. The predicted octanol–water partition coefficient (Wildman–Crippen LogP) is 1.91. The fourth-order valence-electron chi connectivity index (χ4n) is 4.07. The first kappa shape index (κ1) is 15.2. The number of urea groups is 1. The minimum Gasteiger partial charge on any atom is -0.331 e. The monoisotopic (exact) mass is 328 g/mol. The number of hydrogen-bond acceptors (Lipinski definition) is 3. The zero-order chi connectivity index (χ0) is 16.7. The van der Waals surface area contributed by atoms with E-state index in [1.807, 2.05) is 35.9 Å². The Morgan fingerprint density at radius 3 is 1.88 bits per heavy atom. The molecule has 128 valence electrons. The molecule has 0 saturated carbocycles. The van der Waals surface area contributed by atoms with Crippen molar-refractivity contribution in [1.82, 2.24) is 30.2 Å². The predicted molar refractivity (Wildman–Crippen MR) is 89.4 cm³/mol. The van der Waals surface area contributed by atoms with Gasteiger partial charge in [-0.1, -0.05) is 0 Å². The van der Waals surface area contributed by atoms with E-state index in [9.17, 15) is 4.79 Å². The van der Waals surface area contributed by atoms with Crippen LogP contribution < -0.4 is 10.6 Å². The molecule has 0 fully saturated rings. The standard InChI is InChI=1S/C17H24N6O/c1-22-15-7-3-5-13(11(15)9-18-22)20-17(24)21-14-6-4-8-16-12(14)10-19-23(16)2/h9-10,13-14H,3-8H2,1-2H3,(H2,20,21,24)/t13-,14-/m1/s1. The minimum absolute atomic E-state index is 0.0550. The first-order valence-corrected chi connectivity index (χ1v) is 8.72. The van der Waals surface area contributed by atoms with Gasteiger partial charge in [0.1, 0.15) is 0 Å². The van der Waals surface area contributed by atoms with E-state index >= 15 is 0 Å². The van der Waals surface area contributed by atoms with Crippen LogP contribution in [0.15, 0.2) is 12.4 Å². The van der Waals surface area contributed by atoms with Gasteiger partial charge in [0, 0.05) is 36.6 Å². The lowest BCUT2D eigenvalue weighted by Gasteiger charge is -2.27. The summed E-state index contributed by atoms with van der Waals surface area (Å²) >= 11 is 0. The molecule has 4 rings (SSSR count). The summed E-state index contributed by atoms with van der Waals surface area (Å²) in [6, 6.07) is 0.0113. The van der Waals surface area contributed by atoms with Crippen LogP contribution in [-0.2, 0) is 26.9 Å². The number of fused-ring (bicyclic) bond motifs is 2. The van der Waals surface area contributed by atoms with Crippen LogP contribution in [0.25, 0.3) is 0 Å². The molecule has 0 aromatic carbocycles. The highest BCUT2D eigenvalue weighted by molar-refractivity contribution is 5.75. The van der Waals surface area contributed by atoms with Gasteiger partial charge in [0.2, 0.25) is 0 Å². The van der Waals surface area contributed by atoms with Crippen molar-refractivity contribution >= 4 is 6.03 Å². The minimum atomic E-state index is -0.0987. The van der Waals surface area contributed by atoms with Crippen LogP contribution in [0.4, 0.5) is 4.79 Å². The highest BCUT2D eigenvalue weighted by Crippen LogP contribution is 2.31. The van der Waals surface area contributed by atoms with Gasteiger partial charge in [-0.15, -0.1) is 0 Å². The van der Waals surface area contributed by atoms with E-state index in [1.165, 1.54) is 11.4 Å². The van der Waals surface area contributed by atoms with Crippen LogP contribution in [-0.4, -0.2) is 25.6 Å². The van der Waals surface area contributed by atoms with Gasteiger partial charge in [0.15, 0.2) is 0 Å². The highest BCUT2D eigenvalue weighted by Gasteiger charge is 2.28. The summed E-state index contributed by atoms with van der Waals surface area (Å²) in [7, 11) is 3.93. The number of carbonyl (C=O) groups excluding carboxylic acids is 1. The topological polar surface area (TPSA) is 76.8 Å². The Morgan fingerprint density at radius 1 is 0.958 bits per heavy atom. The lowest BCUT2D eigenvalue weighted by molar-refractivity contribution is 0.230. The average molecular weight is 328 g/mol. The summed E-state index contributed by atoms with van der Waals surface area (Å²) in [5.41, 5.74) is 4.78. The Bertz CT molecular complexity index is 699. The van der Waals surface area contributed by atoms with Crippen molar-refractivity contribution in [1.29, 1.82) is 0 Å². The van der Waals surface area contributed by atoms with Crippen LogP contribution in [0, 0.1) is 0 Å². The maximum atomic E-state index is 12.5. The maximum Gasteiger partial charge on any atom is 0.315 e. The normalized spacial score (nSPS) is 22.6. The Kier molecular flexibility index (Phi) is 3.78. The van der Waals surface area contributed by atoms with Crippen LogP contribution in [0.2, 0.25) is 0 Å². The van der Waals surface area contributed by atoms with Crippen molar-refractivity contribution in [3.8, 4) is 0 Å². The molecule has 2 aliphatic carbocycles. The molecule has 0 spiro atoms. The van der Waals surface area contributed by atoms with E-state index in [1.54, 1.807) is 0 Å². The number of nitrogens with one attached hydrogen (secondary N) is 2. The van der Waals surface area contributed by atoms with E-state index in [0.717, 1.165) is 49.7 Å². The number of hydrogen-bond donors (Lipinski definition) is 2. The zero-order valence-corrected chi connectivity index (χ0v) is 14.2. The summed E-state index contributed by atoms with van der Waals surface area (Å²) in [4.78, 5) is 12.5. The quantitative estimate of drug-likeness (QED) is 0.884. The third kappa shape index (κ3) is 2.57. The second-order valence-electron chi connectivity index (χ2n) is 6.85. The van der Waals surface area contributed by atoms with E-state index in [4.69, 9.17) is 0 Å². The number of aromatic nitrogens is 4. The number of carbonyl (C=O) groups is 1. The van der Waals surface area contributed by atoms with Gasteiger partial charge in [-0.2, -0.15) is 10.2 Å². The molecule has 0 radical (unpaired) electrons. The van der Waals surface area contributed by atoms with Crippen molar-refractivity contribution in [3.63, 3.8) is 0 Å². The number of amides is 2. The second kappa shape index (κ2) is 5.96. The van der Waals surface area contributed by atoms with Gasteiger partial charge in [0.05, 0.1) is 24.5 Å². The lowest BCUT2D eigenvalue weighted by atomic mass is 9.92. The molecular formula is C17H24N6O. The fourth-order valence-corrected chi connectivity index (χ4v) is 4.07. The van der Waals surface area contributed by atoms with Gasteiger partial charge in [-0.3, -0.25) is 9.36 Å². The van der Waals surface area contributed by atoms with Gasteiger partial charge in [0.25, 0.3) is 0 Å². The first-order chi connectivity index (χ1) is 11.6. The summed E-state index contributed by atoms with van der Waals surface area (Å²) in [6.45, 7) is 0. The molecule has 2 aromatic heterocycles. The van der Waals surface area contributed by atoms with Crippen molar-refractivity contribution in [2.45, 2.75) is 50.6 Å². The van der Waals surface area contributed by atoms with E-state index in [2.05, 4.69) is 20.8 Å². The molecule has 7 heteroatoms.